The molecular formula is C11H19N3O2. The molecular weight excluding hydrogens is 206 g/mol. The van der Waals surface area contributed by atoms with Gasteiger partial charge in [0, 0.05) is 30.9 Å². The molecule has 1 aromatic rings. The van der Waals surface area contributed by atoms with Gasteiger partial charge in [-0.1, -0.05) is 0 Å². The van der Waals surface area contributed by atoms with Gasteiger partial charge in [-0.2, -0.15) is 0 Å². The Morgan fingerprint density at radius 3 is 2.75 bits per heavy atom. The van der Waals surface area contributed by atoms with Gasteiger partial charge in [0.1, 0.15) is 0 Å². The first-order valence-electron chi connectivity index (χ1n) is 5.26. The summed E-state index contributed by atoms with van der Waals surface area (Å²) < 4.78 is 0. The number of anilines is 2. The molecule has 0 bridgehead atoms. The number of hydrogen-bond donors (Lipinski definition) is 5. The van der Waals surface area contributed by atoms with E-state index in [9.17, 15) is 0 Å². The highest BCUT2D eigenvalue weighted by molar-refractivity contribution is 5.57. The maximum atomic E-state index is 8.70. The predicted octanol–water partition coefficient (Wildman–Crippen LogP) is 0.101. The second-order valence-corrected chi connectivity index (χ2v) is 3.64. The van der Waals surface area contributed by atoms with Crippen LogP contribution in [0.4, 0.5) is 11.4 Å². The average molecular weight is 225 g/mol. The molecule has 5 heteroatoms. The van der Waals surface area contributed by atoms with Crippen molar-refractivity contribution >= 4 is 11.4 Å². The third-order valence-corrected chi connectivity index (χ3v) is 2.24. The van der Waals surface area contributed by atoms with Crippen LogP contribution in [0.5, 0.6) is 0 Å². The number of hydrogen-bond acceptors (Lipinski definition) is 5. The van der Waals surface area contributed by atoms with Gasteiger partial charge >= 0.3 is 0 Å². The van der Waals surface area contributed by atoms with Crippen LogP contribution in [0.2, 0.25) is 0 Å². The SMILES string of the molecule is CNCc1cc(NCCC(O)O)ccc1N. The molecule has 1 rings (SSSR count). The Kier molecular flexibility index (Phi) is 5.04. The van der Waals surface area contributed by atoms with Crippen LogP contribution >= 0.6 is 0 Å². The maximum Gasteiger partial charge on any atom is 0.153 e. The second kappa shape index (κ2) is 6.32. The summed E-state index contributed by atoms with van der Waals surface area (Å²) >= 11 is 0. The summed E-state index contributed by atoms with van der Waals surface area (Å²) in [5.41, 5.74) is 8.51. The zero-order valence-electron chi connectivity index (χ0n) is 9.40. The zero-order chi connectivity index (χ0) is 12.0. The van der Waals surface area contributed by atoms with Crippen LogP contribution in [0.25, 0.3) is 0 Å². The Bertz CT molecular complexity index is 329. The van der Waals surface area contributed by atoms with Crippen molar-refractivity contribution in [1.29, 1.82) is 0 Å². The fourth-order valence-corrected chi connectivity index (χ4v) is 1.40. The normalized spacial score (nSPS) is 10.8. The highest BCUT2D eigenvalue weighted by atomic mass is 16.5. The molecule has 0 unspecified atom stereocenters. The summed E-state index contributed by atoms with van der Waals surface area (Å²) in [4.78, 5) is 0. The lowest BCUT2D eigenvalue weighted by molar-refractivity contribution is -0.0423. The van der Waals surface area contributed by atoms with Crippen LogP contribution in [0.1, 0.15) is 12.0 Å². The lowest BCUT2D eigenvalue weighted by atomic mass is 10.1. The van der Waals surface area contributed by atoms with E-state index in [0.29, 0.717) is 19.5 Å². The summed E-state index contributed by atoms with van der Waals surface area (Å²) in [6.45, 7) is 1.23. The Balaban J connectivity index is 2.56. The van der Waals surface area contributed by atoms with Gasteiger partial charge in [-0.05, 0) is 30.8 Å². The van der Waals surface area contributed by atoms with Crippen LogP contribution in [-0.4, -0.2) is 30.1 Å². The smallest absolute Gasteiger partial charge is 0.153 e. The zero-order valence-corrected chi connectivity index (χ0v) is 9.40. The molecule has 0 amide bonds. The number of aliphatic hydroxyl groups excluding tert-OH is 1. The van der Waals surface area contributed by atoms with E-state index in [1.54, 1.807) is 0 Å². The third-order valence-electron chi connectivity index (χ3n) is 2.24. The summed E-state index contributed by atoms with van der Waals surface area (Å²) in [5.74, 6) is 0. The van der Waals surface area contributed by atoms with Gasteiger partial charge in [-0.25, -0.2) is 0 Å². The predicted molar refractivity (Wildman–Crippen MR) is 65.0 cm³/mol. The number of nitrogens with one attached hydrogen (secondary N) is 2. The van der Waals surface area contributed by atoms with Gasteiger partial charge in [-0.3, -0.25) is 0 Å². The molecule has 0 fully saturated rings. The number of nitrogens with two attached hydrogens (primary N) is 1. The molecule has 5 nitrogen and oxygen atoms in total. The monoisotopic (exact) mass is 225 g/mol. The molecule has 0 aromatic heterocycles. The summed E-state index contributed by atoms with van der Waals surface area (Å²) in [5, 5.41) is 23.5. The minimum absolute atomic E-state index is 0.297. The quantitative estimate of drug-likeness (QED) is 0.350. The van der Waals surface area contributed by atoms with Crippen molar-refractivity contribution in [2.75, 3.05) is 24.6 Å². The Hall–Kier alpha value is -1.30. The van der Waals surface area contributed by atoms with Crippen LogP contribution in [0.15, 0.2) is 18.2 Å². The fourth-order valence-electron chi connectivity index (χ4n) is 1.40. The number of aliphatic hydroxyl groups is 2. The first-order valence-corrected chi connectivity index (χ1v) is 5.26. The van der Waals surface area contributed by atoms with Gasteiger partial charge < -0.3 is 26.6 Å². The molecule has 0 saturated carbocycles. The summed E-state index contributed by atoms with van der Waals surface area (Å²) in [6.07, 6.45) is -0.968. The molecule has 0 atom stereocenters. The van der Waals surface area contributed by atoms with Crippen molar-refractivity contribution < 1.29 is 10.2 Å². The molecule has 0 aliphatic carbocycles. The number of rotatable bonds is 6. The van der Waals surface area contributed by atoms with E-state index in [1.165, 1.54) is 0 Å². The summed E-state index contributed by atoms with van der Waals surface area (Å²) in [6, 6.07) is 5.66. The molecule has 0 saturated heterocycles. The van der Waals surface area contributed by atoms with Gasteiger partial charge in [0.25, 0.3) is 0 Å². The first kappa shape index (κ1) is 12.8. The van der Waals surface area contributed by atoms with Crippen LogP contribution in [-0.2, 0) is 6.54 Å². The van der Waals surface area contributed by atoms with Crippen LogP contribution < -0.4 is 16.4 Å². The molecule has 0 aliphatic heterocycles. The second-order valence-electron chi connectivity index (χ2n) is 3.64. The van der Waals surface area contributed by atoms with Crippen LogP contribution in [0, 0.1) is 0 Å². The van der Waals surface area contributed by atoms with E-state index >= 15 is 0 Å². The molecule has 0 radical (unpaired) electrons. The molecule has 0 aliphatic rings. The Morgan fingerprint density at radius 1 is 1.38 bits per heavy atom. The van der Waals surface area contributed by atoms with Crippen LogP contribution in [0.3, 0.4) is 0 Å². The van der Waals surface area contributed by atoms with Crippen molar-refractivity contribution in [3.63, 3.8) is 0 Å². The van der Waals surface area contributed by atoms with Crippen molar-refractivity contribution in [1.82, 2.24) is 5.32 Å². The van der Waals surface area contributed by atoms with Crippen molar-refractivity contribution in [2.24, 2.45) is 0 Å². The topological polar surface area (TPSA) is 90.5 Å². The average Bonchev–Trinajstić information content (AvgIpc) is 2.22. The molecule has 1 aromatic carbocycles. The van der Waals surface area contributed by atoms with E-state index in [-0.39, 0.29) is 0 Å². The Morgan fingerprint density at radius 2 is 2.12 bits per heavy atom. The summed E-state index contributed by atoms with van der Waals surface area (Å²) in [7, 11) is 1.86. The Labute approximate surface area is 95.3 Å². The van der Waals surface area contributed by atoms with E-state index < -0.39 is 6.29 Å². The highest BCUT2D eigenvalue weighted by Crippen LogP contribution is 2.17. The third kappa shape index (κ3) is 4.06. The standard InChI is InChI=1S/C11H19N3O2/c1-13-7-8-6-9(2-3-10(8)12)14-5-4-11(15)16/h2-3,6,11,13-16H,4-5,7,12H2,1H3. The minimum Gasteiger partial charge on any atom is -0.398 e. The molecule has 90 valence electrons. The lowest BCUT2D eigenvalue weighted by Crippen LogP contribution is -2.13. The van der Waals surface area contributed by atoms with Gasteiger partial charge in [0.15, 0.2) is 6.29 Å². The fraction of sp³-hybridized carbons (Fsp3) is 0.455. The lowest BCUT2D eigenvalue weighted by Gasteiger charge is -2.11. The maximum absolute atomic E-state index is 8.70. The largest absolute Gasteiger partial charge is 0.398 e. The highest BCUT2D eigenvalue weighted by Gasteiger charge is 2.01. The molecule has 6 N–H and O–H groups in total. The number of benzene rings is 1. The van der Waals surface area contributed by atoms with Gasteiger partial charge in [0.05, 0.1) is 0 Å². The molecule has 0 heterocycles. The van der Waals surface area contributed by atoms with Crippen molar-refractivity contribution in [3.8, 4) is 0 Å². The van der Waals surface area contributed by atoms with Gasteiger partial charge in [-0.15, -0.1) is 0 Å². The number of nitrogen functional groups attached to an aromatic ring is 1. The van der Waals surface area contributed by atoms with E-state index in [1.807, 2.05) is 25.2 Å². The van der Waals surface area contributed by atoms with Crippen molar-refractivity contribution in [3.05, 3.63) is 23.8 Å². The van der Waals surface area contributed by atoms with E-state index in [2.05, 4.69) is 10.6 Å². The molecule has 16 heavy (non-hydrogen) atoms. The van der Waals surface area contributed by atoms with Gasteiger partial charge in [0.2, 0.25) is 0 Å². The van der Waals surface area contributed by atoms with E-state index in [0.717, 1.165) is 16.9 Å². The van der Waals surface area contributed by atoms with E-state index in [4.69, 9.17) is 15.9 Å². The van der Waals surface area contributed by atoms with Crippen molar-refractivity contribution in [2.45, 2.75) is 19.3 Å². The first-order chi connectivity index (χ1) is 7.63. The molecule has 0 spiro atoms. The minimum atomic E-state index is -1.27.